The molecule has 0 radical (unpaired) electrons. The van der Waals surface area contributed by atoms with Crippen LogP contribution in [0.2, 0.25) is 0 Å². The number of aryl methyl sites for hydroxylation is 1. The molecule has 2 aromatic rings. The average molecular weight is 344 g/mol. The maximum atomic E-state index is 12.4. The van der Waals surface area contributed by atoms with E-state index in [-0.39, 0.29) is 11.8 Å². The lowest BCUT2D eigenvalue weighted by Crippen LogP contribution is -2.28. The van der Waals surface area contributed by atoms with Gasteiger partial charge in [-0.05, 0) is 24.6 Å². The van der Waals surface area contributed by atoms with Gasteiger partial charge in [-0.3, -0.25) is 9.59 Å². The van der Waals surface area contributed by atoms with Crippen LogP contribution < -0.4 is 5.32 Å². The Labute approximate surface area is 147 Å². The van der Waals surface area contributed by atoms with Crippen LogP contribution in [0.4, 0.5) is 5.69 Å². The van der Waals surface area contributed by atoms with E-state index in [1.54, 1.807) is 55.8 Å². The first-order valence-corrected chi connectivity index (χ1v) is 8.20. The third kappa shape index (κ3) is 6.04. The Bertz CT molecular complexity index is 685. The molecular weight excluding hydrogens is 320 g/mol. The van der Waals surface area contributed by atoms with Crippen LogP contribution in [0.5, 0.6) is 0 Å². The molecule has 2 amide bonds. The Hall–Kier alpha value is -2.67. The second-order valence-corrected chi connectivity index (χ2v) is 5.75. The summed E-state index contributed by atoms with van der Waals surface area (Å²) in [4.78, 5) is 30.1. The molecule has 25 heavy (non-hydrogen) atoms. The lowest BCUT2D eigenvalue weighted by atomic mass is 10.1. The van der Waals surface area contributed by atoms with E-state index in [1.165, 1.54) is 0 Å². The maximum Gasteiger partial charge on any atom is 0.253 e. The smallest absolute Gasteiger partial charge is 0.253 e. The molecule has 0 aliphatic heterocycles. The van der Waals surface area contributed by atoms with Crippen molar-refractivity contribution in [2.45, 2.75) is 19.4 Å². The summed E-state index contributed by atoms with van der Waals surface area (Å²) in [7, 11) is 3.40. The lowest BCUT2D eigenvalue weighted by molar-refractivity contribution is -0.116. The fourth-order valence-electron chi connectivity index (χ4n) is 2.37. The van der Waals surface area contributed by atoms with Gasteiger partial charge in [0.15, 0.2) is 0 Å². The van der Waals surface area contributed by atoms with E-state index in [0.29, 0.717) is 37.4 Å². The second-order valence-electron chi connectivity index (χ2n) is 5.75. The van der Waals surface area contributed by atoms with Gasteiger partial charge >= 0.3 is 0 Å². The van der Waals surface area contributed by atoms with Gasteiger partial charge in [0.1, 0.15) is 0 Å². The molecule has 1 aromatic heterocycles. The topological polar surface area (TPSA) is 76.5 Å². The number of methoxy groups -OCH3 is 1. The normalized spacial score (nSPS) is 10.5. The third-order valence-electron chi connectivity index (χ3n) is 3.74. The number of amides is 2. The highest BCUT2D eigenvalue weighted by molar-refractivity contribution is 5.97. The summed E-state index contributed by atoms with van der Waals surface area (Å²) in [6.07, 6.45) is 6.28. The molecule has 7 nitrogen and oxygen atoms in total. The highest BCUT2D eigenvalue weighted by Gasteiger charge is 2.12. The average Bonchev–Trinajstić information content (AvgIpc) is 3.13. The number of hydrogen-bond acceptors (Lipinski definition) is 4. The van der Waals surface area contributed by atoms with Gasteiger partial charge in [-0.15, -0.1) is 0 Å². The van der Waals surface area contributed by atoms with E-state index in [4.69, 9.17) is 4.74 Å². The van der Waals surface area contributed by atoms with Crippen LogP contribution in [-0.4, -0.2) is 53.6 Å². The molecule has 0 aliphatic rings. The molecule has 134 valence electrons. The number of carbonyl (C=O) groups excluding carboxylic acids is 2. The SMILES string of the molecule is COCCCN(C)C(=O)c1cccc(NC(=O)CCn2ccnc2)c1. The van der Waals surface area contributed by atoms with Crippen molar-refractivity contribution in [3.63, 3.8) is 0 Å². The van der Waals surface area contributed by atoms with Crippen LogP contribution in [0.3, 0.4) is 0 Å². The van der Waals surface area contributed by atoms with Gasteiger partial charge in [0, 0.05) is 63.9 Å². The van der Waals surface area contributed by atoms with E-state index < -0.39 is 0 Å². The third-order valence-corrected chi connectivity index (χ3v) is 3.74. The molecule has 1 N–H and O–H groups in total. The zero-order valence-electron chi connectivity index (χ0n) is 14.6. The molecule has 1 heterocycles. The second kappa shape index (κ2) is 9.58. The number of rotatable bonds is 9. The summed E-state index contributed by atoms with van der Waals surface area (Å²) in [6.45, 7) is 1.80. The Kier molecular flexibility index (Phi) is 7.16. The molecule has 0 fully saturated rings. The Balaban J connectivity index is 1.89. The fraction of sp³-hybridized carbons (Fsp3) is 0.389. The number of hydrogen-bond donors (Lipinski definition) is 1. The predicted octanol–water partition coefficient (Wildman–Crippen LogP) is 2.02. The summed E-state index contributed by atoms with van der Waals surface area (Å²) in [6, 6.07) is 6.99. The highest BCUT2D eigenvalue weighted by Crippen LogP contribution is 2.13. The zero-order valence-corrected chi connectivity index (χ0v) is 14.6. The first-order valence-electron chi connectivity index (χ1n) is 8.20. The Morgan fingerprint density at radius 1 is 1.36 bits per heavy atom. The first kappa shape index (κ1) is 18.7. The van der Waals surface area contributed by atoms with E-state index in [9.17, 15) is 9.59 Å². The number of anilines is 1. The standard InChI is InChI=1S/C18H24N4O3/c1-21(9-4-12-25-2)18(24)15-5-3-6-16(13-15)20-17(23)7-10-22-11-8-19-14-22/h3,5-6,8,11,13-14H,4,7,9-10,12H2,1-2H3,(H,20,23). The van der Waals surface area contributed by atoms with Gasteiger partial charge in [-0.2, -0.15) is 0 Å². The van der Waals surface area contributed by atoms with Gasteiger partial charge in [0.2, 0.25) is 5.91 Å². The molecular formula is C18H24N4O3. The Morgan fingerprint density at radius 2 is 2.20 bits per heavy atom. The highest BCUT2D eigenvalue weighted by atomic mass is 16.5. The van der Waals surface area contributed by atoms with E-state index in [0.717, 1.165) is 6.42 Å². The first-order chi connectivity index (χ1) is 12.1. The monoisotopic (exact) mass is 344 g/mol. The minimum atomic E-state index is -0.105. The number of ether oxygens (including phenoxy) is 1. The van der Waals surface area contributed by atoms with Crippen LogP contribution in [-0.2, 0) is 16.1 Å². The number of nitrogens with one attached hydrogen (secondary N) is 1. The molecule has 0 aliphatic carbocycles. The largest absolute Gasteiger partial charge is 0.385 e. The number of carbonyl (C=O) groups is 2. The molecule has 0 saturated heterocycles. The van der Waals surface area contributed by atoms with Gasteiger partial charge in [0.05, 0.1) is 6.33 Å². The van der Waals surface area contributed by atoms with Crippen molar-refractivity contribution in [3.05, 3.63) is 48.5 Å². The van der Waals surface area contributed by atoms with Crippen molar-refractivity contribution < 1.29 is 14.3 Å². The summed E-state index contributed by atoms with van der Waals surface area (Å²) in [5, 5.41) is 2.83. The number of nitrogens with zero attached hydrogens (tertiary/aromatic N) is 3. The molecule has 2 rings (SSSR count). The van der Waals surface area contributed by atoms with Crippen molar-refractivity contribution in [2.24, 2.45) is 0 Å². The molecule has 0 bridgehead atoms. The quantitative estimate of drug-likeness (QED) is 0.706. The van der Waals surface area contributed by atoms with Crippen molar-refractivity contribution >= 4 is 17.5 Å². The summed E-state index contributed by atoms with van der Waals surface area (Å²) in [5.74, 6) is -0.183. The summed E-state index contributed by atoms with van der Waals surface area (Å²) in [5.41, 5.74) is 1.17. The van der Waals surface area contributed by atoms with Gasteiger partial charge < -0.3 is 19.5 Å². The molecule has 7 heteroatoms. The molecule has 0 unspecified atom stereocenters. The van der Waals surface area contributed by atoms with Gasteiger partial charge in [-0.1, -0.05) is 6.07 Å². The molecule has 1 aromatic carbocycles. The van der Waals surface area contributed by atoms with Crippen LogP contribution >= 0.6 is 0 Å². The maximum absolute atomic E-state index is 12.4. The minimum absolute atomic E-state index is 0.0781. The lowest BCUT2D eigenvalue weighted by Gasteiger charge is -2.17. The number of aromatic nitrogens is 2. The van der Waals surface area contributed by atoms with Crippen LogP contribution in [0.15, 0.2) is 43.0 Å². The summed E-state index contributed by atoms with van der Waals surface area (Å²) < 4.78 is 6.84. The fourth-order valence-corrected chi connectivity index (χ4v) is 2.37. The van der Waals surface area contributed by atoms with Gasteiger partial charge in [0.25, 0.3) is 5.91 Å². The van der Waals surface area contributed by atoms with Crippen molar-refractivity contribution in [1.29, 1.82) is 0 Å². The van der Waals surface area contributed by atoms with E-state index in [1.807, 2.05) is 10.8 Å². The van der Waals surface area contributed by atoms with Crippen LogP contribution in [0.1, 0.15) is 23.2 Å². The molecule has 0 spiro atoms. The van der Waals surface area contributed by atoms with Crippen molar-refractivity contribution in [2.75, 3.05) is 32.6 Å². The minimum Gasteiger partial charge on any atom is -0.385 e. The summed E-state index contributed by atoms with van der Waals surface area (Å²) >= 11 is 0. The van der Waals surface area contributed by atoms with Crippen LogP contribution in [0, 0.1) is 0 Å². The Morgan fingerprint density at radius 3 is 2.92 bits per heavy atom. The van der Waals surface area contributed by atoms with Crippen molar-refractivity contribution in [1.82, 2.24) is 14.5 Å². The van der Waals surface area contributed by atoms with Crippen molar-refractivity contribution in [3.8, 4) is 0 Å². The molecule has 0 saturated carbocycles. The van der Waals surface area contributed by atoms with Crippen LogP contribution in [0.25, 0.3) is 0 Å². The number of imidazole rings is 1. The zero-order chi connectivity index (χ0) is 18.1. The predicted molar refractivity (Wildman–Crippen MR) is 95.4 cm³/mol. The van der Waals surface area contributed by atoms with E-state index >= 15 is 0 Å². The van der Waals surface area contributed by atoms with Gasteiger partial charge in [-0.25, -0.2) is 4.98 Å². The van der Waals surface area contributed by atoms with E-state index in [2.05, 4.69) is 10.3 Å². The molecule has 0 atom stereocenters. The number of benzene rings is 1.